The van der Waals surface area contributed by atoms with E-state index >= 15 is 0 Å². The van der Waals surface area contributed by atoms with Gasteiger partial charge in [0, 0.05) is 11.9 Å². The molecule has 7 nitrogen and oxygen atoms in total. The Balaban J connectivity index is 2.05. The van der Waals surface area contributed by atoms with Crippen molar-refractivity contribution in [3.05, 3.63) is 42.0 Å². The van der Waals surface area contributed by atoms with Gasteiger partial charge in [-0.3, -0.25) is 5.10 Å². The monoisotopic (exact) mass is 264 g/mol. The number of urea groups is 1. The number of aromatic amines is 1. The van der Waals surface area contributed by atoms with Crippen LogP contribution < -0.4 is 10.6 Å². The average Bonchev–Trinajstić information content (AvgIpc) is 2.81. The minimum atomic E-state index is -1.37. The molecule has 0 bridgehead atoms. The fourth-order valence-corrected chi connectivity index (χ4v) is 1.38. The number of hydrogen-bond donors (Lipinski definition) is 4. The highest BCUT2D eigenvalue weighted by molar-refractivity contribution is 5.99. The van der Waals surface area contributed by atoms with Gasteiger partial charge < -0.3 is 15.7 Å². The molecule has 2 aromatic rings. The molecule has 2 amide bonds. The molecule has 0 aliphatic rings. The molecule has 0 unspecified atom stereocenters. The molecule has 0 aliphatic heterocycles. The third kappa shape index (κ3) is 3.06. The van der Waals surface area contributed by atoms with Crippen LogP contribution in [0.15, 0.2) is 30.6 Å². The lowest BCUT2D eigenvalue weighted by molar-refractivity contribution is 0.0692. The van der Waals surface area contributed by atoms with Crippen LogP contribution in [0.1, 0.15) is 10.4 Å². The maximum Gasteiger partial charge on any atom is 0.338 e. The zero-order valence-electron chi connectivity index (χ0n) is 9.48. The largest absolute Gasteiger partial charge is 0.478 e. The van der Waals surface area contributed by atoms with Gasteiger partial charge in [-0.25, -0.2) is 14.0 Å². The zero-order chi connectivity index (χ0) is 13.8. The number of aromatic carboxylic acids is 1. The number of halogens is 1. The van der Waals surface area contributed by atoms with E-state index in [1.165, 1.54) is 18.5 Å². The maximum absolute atomic E-state index is 13.4. The van der Waals surface area contributed by atoms with Gasteiger partial charge in [0.1, 0.15) is 5.82 Å². The summed E-state index contributed by atoms with van der Waals surface area (Å²) in [5.41, 5.74) is 0.129. The number of carboxylic acid groups (broad SMARTS) is 1. The van der Waals surface area contributed by atoms with Gasteiger partial charge in [-0.2, -0.15) is 5.10 Å². The van der Waals surface area contributed by atoms with Crippen LogP contribution in [0.5, 0.6) is 0 Å². The smallest absolute Gasteiger partial charge is 0.338 e. The summed E-state index contributed by atoms with van der Waals surface area (Å²) in [5, 5.41) is 19.6. The van der Waals surface area contributed by atoms with Crippen LogP contribution in [0, 0.1) is 5.82 Å². The van der Waals surface area contributed by atoms with E-state index in [2.05, 4.69) is 20.8 Å². The number of nitrogens with zero attached hydrogens (tertiary/aromatic N) is 1. The van der Waals surface area contributed by atoms with E-state index in [-0.39, 0.29) is 5.69 Å². The highest BCUT2D eigenvalue weighted by atomic mass is 19.1. The number of rotatable bonds is 3. The molecule has 0 saturated carbocycles. The second-order valence-electron chi connectivity index (χ2n) is 3.57. The lowest BCUT2D eigenvalue weighted by Gasteiger charge is -2.06. The van der Waals surface area contributed by atoms with Gasteiger partial charge in [-0.1, -0.05) is 0 Å². The van der Waals surface area contributed by atoms with Crippen molar-refractivity contribution in [1.29, 1.82) is 0 Å². The van der Waals surface area contributed by atoms with E-state index in [4.69, 9.17) is 5.11 Å². The van der Waals surface area contributed by atoms with Crippen molar-refractivity contribution in [2.45, 2.75) is 0 Å². The SMILES string of the molecule is O=C(Nc1cn[nH]c1)Nc1ccc(C(=O)O)c(F)c1. The standard InChI is InChI=1S/C11H9FN4O3/c12-9-3-6(1-2-8(9)10(17)18)15-11(19)16-7-4-13-14-5-7/h1-5H,(H,13,14)(H,17,18)(H2,15,16,19). The van der Waals surface area contributed by atoms with Crippen LogP contribution in [0.3, 0.4) is 0 Å². The number of anilines is 2. The third-order valence-corrected chi connectivity index (χ3v) is 2.21. The lowest BCUT2D eigenvalue weighted by atomic mass is 10.2. The molecule has 98 valence electrons. The normalized spacial score (nSPS) is 9.95. The quantitative estimate of drug-likeness (QED) is 0.679. The number of amides is 2. The Bertz CT molecular complexity index is 612. The first-order chi connectivity index (χ1) is 9.06. The number of aromatic nitrogens is 2. The van der Waals surface area contributed by atoms with Crippen molar-refractivity contribution in [3.63, 3.8) is 0 Å². The number of benzene rings is 1. The van der Waals surface area contributed by atoms with E-state index in [0.29, 0.717) is 5.69 Å². The summed E-state index contributed by atoms with van der Waals surface area (Å²) in [5.74, 6) is -2.29. The van der Waals surface area contributed by atoms with E-state index in [0.717, 1.165) is 12.1 Å². The van der Waals surface area contributed by atoms with Crippen LogP contribution in [-0.4, -0.2) is 27.3 Å². The van der Waals surface area contributed by atoms with Gasteiger partial charge in [0.15, 0.2) is 0 Å². The van der Waals surface area contributed by atoms with Gasteiger partial charge >= 0.3 is 12.0 Å². The minimum Gasteiger partial charge on any atom is -0.478 e. The third-order valence-electron chi connectivity index (χ3n) is 2.21. The number of carbonyl (C=O) groups excluding carboxylic acids is 1. The van der Waals surface area contributed by atoms with Crippen molar-refractivity contribution in [1.82, 2.24) is 10.2 Å². The molecule has 1 aromatic heterocycles. The van der Waals surface area contributed by atoms with Crippen molar-refractivity contribution in [2.75, 3.05) is 10.6 Å². The van der Waals surface area contributed by atoms with Crippen molar-refractivity contribution in [2.24, 2.45) is 0 Å². The number of carbonyl (C=O) groups is 2. The summed E-state index contributed by atoms with van der Waals surface area (Å²) in [6.45, 7) is 0. The second kappa shape index (κ2) is 5.17. The summed E-state index contributed by atoms with van der Waals surface area (Å²) < 4.78 is 13.4. The number of H-pyrrole nitrogens is 1. The molecule has 19 heavy (non-hydrogen) atoms. The average molecular weight is 264 g/mol. The zero-order valence-corrected chi connectivity index (χ0v) is 9.48. The predicted molar refractivity (Wildman–Crippen MR) is 64.6 cm³/mol. The first-order valence-corrected chi connectivity index (χ1v) is 5.16. The Morgan fingerprint density at radius 2 is 2.00 bits per heavy atom. The minimum absolute atomic E-state index is 0.142. The van der Waals surface area contributed by atoms with E-state index in [1.807, 2.05) is 0 Å². The van der Waals surface area contributed by atoms with Crippen LogP contribution in [-0.2, 0) is 0 Å². The van der Waals surface area contributed by atoms with Crippen molar-refractivity contribution < 1.29 is 19.1 Å². The molecule has 0 fully saturated rings. The number of nitrogens with one attached hydrogen (secondary N) is 3. The molecule has 0 atom stereocenters. The lowest BCUT2D eigenvalue weighted by Crippen LogP contribution is -2.19. The Morgan fingerprint density at radius 1 is 1.26 bits per heavy atom. The van der Waals surface area contributed by atoms with Crippen molar-refractivity contribution in [3.8, 4) is 0 Å². The molecule has 8 heteroatoms. The Morgan fingerprint density at radius 3 is 2.58 bits per heavy atom. The van der Waals surface area contributed by atoms with Crippen LogP contribution >= 0.6 is 0 Å². The van der Waals surface area contributed by atoms with E-state index in [9.17, 15) is 14.0 Å². The van der Waals surface area contributed by atoms with Gasteiger partial charge in [0.05, 0.1) is 17.4 Å². The van der Waals surface area contributed by atoms with E-state index in [1.54, 1.807) is 0 Å². The molecule has 0 saturated heterocycles. The van der Waals surface area contributed by atoms with Gasteiger partial charge in [-0.15, -0.1) is 0 Å². The Hall–Kier alpha value is -2.90. The summed E-state index contributed by atoms with van der Waals surface area (Å²) in [6.07, 6.45) is 2.86. The molecule has 0 aliphatic carbocycles. The van der Waals surface area contributed by atoms with Gasteiger partial charge in [0.2, 0.25) is 0 Å². The summed E-state index contributed by atoms with van der Waals surface area (Å²) in [4.78, 5) is 22.1. The Kier molecular flexibility index (Phi) is 3.42. The summed E-state index contributed by atoms with van der Waals surface area (Å²) in [7, 11) is 0. The van der Waals surface area contributed by atoms with Gasteiger partial charge in [0.25, 0.3) is 0 Å². The highest BCUT2D eigenvalue weighted by Crippen LogP contribution is 2.15. The summed E-state index contributed by atoms with van der Waals surface area (Å²) in [6, 6.07) is 2.70. The molecule has 1 heterocycles. The van der Waals surface area contributed by atoms with Crippen LogP contribution in [0.25, 0.3) is 0 Å². The van der Waals surface area contributed by atoms with Gasteiger partial charge in [-0.05, 0) is 18.2 Å². The molecular formula is C11H9FN4O3. The Labute approximate surface area is 106 Å². The summed E-state index contributed by atoms with van der Waals surface area (Å²) >= 11 is 0. The van der Waals surface area contributed by atoms with E-state index < -0.39 is 23.4 Å². The highest BCUT2D eigenvalue weighted by Gasteiger charge is 2.11. The predicted octanol–water partition coefficient (Wildman–Crippen LogP) is 1.89. The van der Waals surface area contributed by atoms with Crippen LogP contribution in [0.2, 0.25) is 0 Å². The molecule has 2 rings (SSSR count). The molecule has 0 radical (unpaired) electrons. The fourth-order valence-electron chi connectivity index (χ4n) is 1.38. The first kappa shape index (κ1) is 12.6. The first-order valence-electron chi connectivity index (χ1n) is 5.16. The fraction of sp³-hybridized carbons (Fsp3) is 0. The molecule has 1 aromatic carbocycles. The molecule has 4 N–H and O–H groups in total. The molecular weight excluding hydrogens is 255 g/mol. The van der Waals surface area contributed by atoms with Crippen LogP contribution in [0.4, 0.5) is 20.6 Å². The maximum atomic E-state index is 13.4. The van der Waals surface area contributed by atoms with Crippen molar-refractivity contribution >= 4 is 23.4 Å². The number of hydrogen-bond acceptors (Lipinski definition) is 3. The topological polar surface area (TPSA) is 107 Å². The number of carboxylic acids is 1. The second-order valence-corrected chi connectivity index (χ2v) is 3.57. The molecule has 0 spiro atoms.